The third-order valence-corrected chi connectivity index (χ3v) is 2.19. The van der Waals surface area contributed by atoms with Crippen LogP contribution in [0.25, 0.3) is 0 Å². The number of Topliss-reactive ketones (excluding diaryl/α,β-unsaturated/α-hetero) is 1. The lowest BCUT2D eigenvalue weighted by molar-refractivity contribution is 0.101. The molecule has 1 rings (SSSR count). The molecular formula is C9H10INO. The van der Waals surface area contributed by atoms with Crippen LogP contribution in [0.15, 0.2) is 24.3 Å². The van der Waals surface area contributed by atoms with Crippen LogP contribution in [-0.2, 0) is 0 Å². The first-order valence-corrected chi connectivity index (χ1v) is 4.58. The van der Waals surface area contributed by atoms with E-state index in [9.17, 15) is 4.79 Å². The predicted octanol–water partition coefficient (Wildman–Crippen LogP) is 2.68. The van der Waals surface area contributed by atoms with Crippen molar-refractivity contribution in [3.05, 3.63) is 29.8 Å². The van der Waals surface area contributed by atoms with Crippen LogP contribution >= 0.6 is 22.9 Å². The van der Waals surface area contributed by atoms with E-state index < -0.39 is 0 Å². The number of hydrogen-bond donors (Lipinski definition) is 0. The Balaban J connectivity index is 2.93. The summed E-state index contributed by atoms with van der Waals surface area (Å²) in [6.07, 6.45) is 0. The van der Waals surface area contributed by atoms with Crippen molar-refractivity contribution in [2.45, 2.75) is 6.92 Å². The molecule has 0 radical (unpaired) electrons. The number of anilines is 1. The van der Waals surface area contributed by atoms with Crippen LogP contribution < -0.4 is 3.11 Å². The van der Waals surface area contributed by atoms with Gasteiger partial charge in [0.25, 0.3) is 0 Å². The monoisotopic (exact) mass is 275 g/mol. The summed E-state index contributed by atoms with van der Waals surface area (Å²) in [5.41, 5.74) is 1.86. The minimum atomic E-state index is 0.109. The van der Waals surface area contributed by atoms with Crippen LogP contribution in [0, 0.1) is 0 Å². The zero-order valence-electron chi connectivity index (χ0n) is 7.04. The fourth-order valence-electron chi connectivity index (χ4n) is 0.902. The van der Waals surface area contributed by atoms with E-state index in [2.05, 4.69) is 22.9 Å². The molecule has 0 aliphatic heterocycles. The maximum atomic E-state index is 10.9. The molecule has 0 atom stereocenters. The standard InChI is InChI=1S/C9H10INO/c1-7(12)8-3-5-9(6-4-8)11(2)10/h3-6H,1-2H3. The Morgan fingerprint density at radius 3 is 2.17 bits per heavy atom. The summed E-state index contributed by atoms with van der Waals surface area (Å²) in [4.78, 5) is 10.9. The molecule has 0 unspecified atom stereocenters. The summed E-state index contributed by atoms with van der Waals surface area (Å²) in [5.74, 6) is 0.109. The molecule has 0 aromatic heterocycles. The van der Waals surface area contributed by atoms with E-state index >= 15 is 0 Å². The van der Waals surface area contributed by atoms with Gasteiger partial charge in [-0.1, -0.05) is 0 Å². The Hall–Kier alpha value is -0.580. The molecule has 0 saturated carbocycles. The highest BCUT2D eigenvalue weighted by atomic mass is 127. The van der Waals surface area contributed by atoms with Crippen molar-refractivity contribution in [3.63, 3.8) is 0 Å². The van der Waals surface area contributed by atoms with Crippen molar-refractivity contribution >= 4 is 34.3 Å². The van der Waals surface area contributed by atoms with Gasteiger partial charge in [-0.2, -0.15) is 0 Å². The Morgan fingerprint density at radius 2 is 1.83 bits per heavy atom. The van der Waals surface area contributed by atoms with Crippen LogP contribution in [0.1, 0.15) is 17.3 Å². The topological polar surface area (TPSA) is 20.3 Å². The third-order valence-electron chi connectivity index (χ3n) is 1.63. The van der Waals surface area contributed by atoms with E-state index in [1.165, 1.54) is 0 Å². The summed E-state index contributed by atoms with van der Waals surface area (Å²) < 4.78 is 1.97. The number of nitrogens with zero attached hydrogens (tertiary/aromatic N) is 1. The normalized spacial score (nSPS) is 9.58. The molecule has 0 aliphatic rings. The fourth-order valence-corrected chi connectivity index (χ4v) is 1.22. The number of carbonyl (C=O) groups excluding carboxylic acids is 1. The minimum absolute atomic E-state index is 0.109. The fraction of sp³-hybridized carbons (Fsp3) is 0.222. The van der Waals surface area contributed by atoms with Gasteiger partial charge in [-0.15, -0.1) is 0 Å². The molecule has 0 amide bonds. The summed E-state index contributed by atoms with van der Waals surface area (Å²) in [7, 11) is 1.96. The first-order valence-electron chi connectivity index (χ1n) is 3.62. The van der Waals surface area contributed by atoms with Crippen LogP contribution in [-0.4, -0.2) is 12.8 Å². The molecule has 2 nitrogen and oxygen atoms in total. The zero-order valence-corrected chi connectivity index (χ0v) is 9.20. The first-order chi connectivity index (χ1) is 5.61. The highest BCUT2D eigenvalue weighted by Gasteiger charge is 1.99. The lowest BCUT2D eigenvalue weighted by Crippen LogP contribution is -1.99. The van der Waals surface area contributed by atoms with Gasteiger partial charge in [-0.25, -0.2) is 0 Å². The Kier molecular flexibility index (Phi) is 3.08. The molecule has 0 fully saturated rings. The summed E-state index contributed by atoms with van der Waals surface area (Å²) in [5, 5.41) is 0. The van der Waals surface area contributed by atoms with Crippen molar-refractivity contribution in [2.24, 2.45) is 0 Å². The zero-order chi connectivity index (χ0) is 9.14. The molecule has 0 aliphatic carbocycles. The molecule has 0 N–H and O–H groups in total. The smallest absolute Gasteiger partial charge is 0.159 e. The molecule has 3 heteroatoms. The molecule has 1 aromatic carbocycles. The second-order valence-corrected chi connectivity index (χ2v) is 4.03. The summed E-state index contributed by atoms with van der Waals surface area (Å²) >= 11 is 2.19. The lowest BCUT2D eigenvalue weighted by Gasteiger charge is -2.09. The average Bonchev–Trinajstić information content (AvgIpc) is 2.04. The molecule has 0 bridgehead atoms. The number of hydrogen-bond acceptors (Lipinski definition) is 2. The van der Waals surface area contributed by atoms with Crippen molar-refractivity contribution < 1.29 is 4.79 Å². The molecule has 0 saturated heterocycles. The van der Waals surface area contributed by atoms with Crippen molar-refractivity contribution in [2.75, 3.05) is 10.2 Å². The van der Waals surface area contributed by atoms with Gasteiger partial charge in [0.05, 0.1) is 22.9 Å². The predicted molar refractivity (Wildman–Crippen MR) is 58.9 cm³/mol. The number of rotatable bonds is 2. The quantitative estimate of drug-likeness (QED) is 0.470. The van der Waals surface area contributed by atoms with Crippen LogP contribution in [0.4, 0.5) is 5.69 Å². The summed E-state index contributed by atoms with van der Waals surface area (Å²) in [6, 6.07) is 7.55. The average molecular weight is 275 g/mol. The van der Waals surface area contributed by atoms with Gasteiger partial charge in [0.2, 0.25) is 0 Å². The van der Waals surface area contributed by atoms with Gasteiger partial charge < -0.3 is 3.11 Å². The van der Waals surface area contributed by atoms with Crippen LogP contribution in [0.2, 0.25) is 0 Å². The molecule has 0 heterocycles. The molecule has 0 spiro atoms. The van der Waals surface area contributed by atoms with Gasteiger partial charge in [-0.05, 0) is 31.2 Å². The Labute approximate surface area is 86.1 Å². The molecular weight excluding hydrogens is 265 g/mol. The van der Waals surface area contributed by atoms with Crippen molar-refractivity contribution in [1.82, 2.24) is 0 Å². The van der Waals surface area contributed by atoms with Gasteiger partial charge in [0, 0.05) is 18.3 Å². The van der Waals surface area contributed by atoms with Gasteiger partial charge in [0.15, 0.2) is 5.78 Å². The first kappa shape index (κ1) is 9.51. The Bertz CT molecular complexity index is 279. The lowest BCUT2D eigenvalue weighted by atomic mass is 10.1. The second-order valence-electron chi connectivity index (χ2n) is 2.58. The van der Waals surface area contributed by atoms with Crippen molar-refractivity contribution in [1.29, 1.82) is 0 Å². The molecule has 12 heavy (non-hydrogen) atoms. The van der Waals surface area contributed by atoms with Crippen molar-refractivity contribution in [3.8, 4) is 0 Å². The maximum Gasteiger partial charge on any atom is 0.159 e. The van der Waals surface area contributed by atoms with E-state index in [4.69, 9.17) is 0 Å². The second kappa shape index (κ2) is 3.89. The number of ketones is 1. The van der Waals surface area contributed by atoms with E-state index in [1.54, 1.807) is 6.92 Å². The third kappa shape index (κ3) is 2.20. The van der Waals surface area contributed by atoms with Crippen LogP contribution in [0.5, 0.6) is 0 Å². The van der Waals surface area contributed by atoms with E-state index in [0.717, 1.165) is 11.3 Å². The van der Waals surface area contributed by atoms with Gasteiger partial charge in [0.1, 0.15) is 0 Å². The Morgan fingerprint density at radius 1 is 1.33 bits per heavy atom. The minimum Gasteiger partial charge on any atom is -0.318 e. The highest BCUT2D eigenvalue weighted by molar-refractivity contribution is 14.1. The maximum absolute atomic E-state index is 10.9. The highest BCUT2D eigenvalue weighted by Crippen LogP contribution is 2.16. The van der Waals surface area contributed by atoms with Gasteiger partial charge in [-0.3, -0.25) is 4.79 Å². The number of benzene rings is 1. The summed E-state index contributed by atoms with van der Waals surface area (Å²) in [6.45, 7) is 1.57. The number of halogens is 1. The molecule has 64 valence electrons. The van der Waals surface area contributed by atoms with E-state index in [1.807, 2.05) is 34.4 Å². The van der Waals surface area contributed by atoms with E-state index in [-0.39, 0.29) is 5.78 Å². The molecule has 1 aromatic rings. The SMILES string of the molecule is CC(=O)c1ccc(N(C)I)cc1. The van der Waals surface area contributed by atoms with E-state index in [0.29, 0.717) is 0 Å². The van der Waals surface area contributed by atoms with Crippen LogP contribution in [0.3, 0.4) is 0 Å². The number of carbonyl (C=O) groups is 1. The largest absolute Gasteiger partial charge is 0.318 e. The van der Waals surface area contributed by atoms with Gasteiger partial charge >= 0.3 is 0 Å².